The number of carbonyl (C=O) groups is 2. The molecule has 2 aromatic carbocycles. The van der Waals surface area contributed by atoms with Crippen molar-refractivity contribution in [3.8, 4) is 28.3 Å². The van der Waals surface area contributed by atoms with E-state index in [1.54, 1.807) is 48.7 Å². The number of benzene rings is 2. The largest absolute Gasteiger partial charge is 0.494 e. The number of carbonyl (C=O) groups excluding carboxylic acids is 2. The summed E-state index contributed by atoms with van der Waals surface area (Å²) in [7, 11) is 0. The maximum absolute atomic E-state index is 13.7. The number of hydrogen-bond donors (Lipinski definition) is 1. The van der Waals surface area contributed by atoms with E-state index in [4.69, 9.17) is 16.3 Å². The maximum atomic E-state index is 13.7. The van der Waals surface area contributed by atoms with Gasteiger partial charge in [-0.1, -0.05) is 23.7 Å². The zero-order chi connectivity index (χ0) is 25.8. The van der Waals surface area contributed by atoms with E-state index in [-0.39, 0.29) is 29.5 Å². The number of pyridine rings is 1. The van der Waals surface area contributed by atoms with Gasteiger partial charge < -0.3 is 10.1 Å². The number of aldehydes is 1. The number of hydrogen-bond acceptors (Lipinski definition) is 6. The van der Waals surface area contributed by atoms with Crippen LogP contribution in [0.5, 0.6) is 5.75 Å². The van der Waals surface area contributed by atoms with Crippen LogP contribution in [0.25, 0.3) is 33.5 Å². The topological polar surface area (TPSA) is 103 Å². The van der Waals surface area contributed by atoms with Gasteiger partial charge in [0, 0.05) is 34.0 Å². The zero-order valence-corrected chi connectivity index (χ0v) is 20.9. The highest BCUT2D eigenvalue weighted by Crippen LogP contribution is 2.27. The molecule has 8 nitrogen and oxygen atoms in total. The zero-order valence-electron chi connectivity index (χ0n) is 20.1. The molecule has 0 saturated heterocycles. The number of nitrogens with one attached hydrogen (secondary N) is 1. The number of ether oxygens (including phenoxy) is 1. The highest BCUT2D eigenvalue weighted by molar-refractivity contribution is 6.31. The van der Waals surface area contributed by atoms with Crippen LogP contribution in [0.4, 0.5) is 0 Å². The molecule has 1 amide bonds. The van der Waals surface area contributed by atoms with Crippen molar-refractivity contribution < 1.29 is 14.3 Å². The van der Waals surface area contributed by atoms with Gasteiger partial charge in [-0.2, -0.15) is 0 Å². The third-order valence-corrected chi connectivity index (χ3v) is 5.57. The summed E-state index contributed by atoms with van der Waals surface area (Å²) in [5.41, 5.74) is 2.07. The van der Waals surface area contributed by atoms with Crippen LogP contribution < -0.4 is 15.6 Å². The first-order valence-corrected chi connectivity index (χ1v) is 11.9. The molecule has 0 radical (unpaired) electrons. The number of aromatic nitrogens is 3. The van der Waals surface area contributed by atoms with Crippen molar-refractivity contribution in [2.75, 3.05) is 6.61 Å². The van der Waals surface area contributed by atoms with E-state index in [1.807, 2.05) is 26.8 Å². The SMILES string of the molecule is CCOc1cccc(-c2nc3ncc(-c4cc(Cl)cc(C=O)c4)cc3c(=O)n2CC(=O)NC(C)C)c1. The molecule has 0 aliphatic carbocycles. The van der Waals surface area contributed by atoms with Crippen LogP contribution in [-0.2, 0) is 11.3 Å². The molecule has 184 valence electrons. The Balaban J connectivity index is 1.91. The van der Waals surface area contributed by atoms with Crippen molar-refractivity contribution in [1.82, 2.24) is 19.9 Å². The lowest BCUT2D eigenvalue weighted by Crippen LogP contribution is -2.37. The minimum Gasteiger partial charge on any atom is -0.494 e. The van der Waals surface area contributed by atoms with Crippen molar-refractivity contribution >= 4 is 34.8 Å². The van der Waals surface area contributed by atoms with Gasteiger partial charge in [-0.25, -0.2) is 9.97 Å². The summed E-state index contributed by atoms with van der Waals surface area (Å²) in [6.07, 6.45) is 2.28. The number of rotatable bonds is 8. The van der Waals surface area contributed by atoms with Gasteiger partial charge in [-0.05, 0) is 62.7 Å². The Morgan fingerprint density at radius 2 is 1.94 bits per heavy atom. The molecule has 1 N–H and O–H groups in total. The van der Waals surface area contributed by atoms with E-state index in [1.165, 1.54) is 4.57 Å². The Kier molecular flexibility index (Phi) is 7.45. The van der Waals surface area contributed by atoms with E-state index >= 15 is 0 Å². The van der Waals surface area contributed by atoms with Crippen molar-refractivity contribution in [3.63, 3.8) is 0 Å². The number of fused-ring (bicyclic) bond motifs is 1. The number of halogens is 1. The summed E-state index contributed by atoms with van der Waals surface area (Å²) in [6, 6.07) is 13.6. The first-order valence-electron chi connectivity index (χ1n) is 11.5. The summed E-state index contributed by atoms with van der Waals surface area (Å²) in [5, 5.41) is 3.45. The first kappa shape index (κ1) is 25.1. The van der Waals surface area contributed by atoms with Crippen LogP contribution in [0.2, 0.25) is 5.02 Å². The Morgan fingerprint density at radius 1 is 1.14 bits per heavy atom. The van der Waals surface area contributed by atoms with E-state index in [2.05, 4.69) is 15.3 Å². The van der Waals surface area contributed by atoms with Gasteiger partial charge >= 0.3 is 0 Å². The molecule has 0 spiro atoms. The lowest BCUT2D eigenvalue weighted by Gasteiger charge is -2.15. The van der Waals surface area contributed by atoms with Crippen molar-refractivity contribution in [2.24, 2.45) is 0 Å². The van der Waals surface area contributed by atoms with Crippen LogP contribution in [0.15, 0.2) is 59.5 Å². The summed E-state index contributed by atoms with van der Waals surface area (Å²) in [6.45, 7) is 5.84. The van der Waals surface area contributed by atoms with E-state index in [9.17, 15) is 14.4 Å². The standard InChI is InChI=1S/C27H25ClN4O4/c1-4-36-22-7-5-6-18(11-22)26-31-25-23(27(35)32(26)14-24(34)30-16(2)3)12-20(13-29-25)19-8-17(15-33)9-21(28)10-19/h5-13,15-16H,4,14H2,1-3H3,(H,30,34). The Labute approximate surface area is 212 Å². The van der Waals surface area contributed by atoms with Crippen molar-refractivity contribution in [2.45, 2.75) is 33.4 Å². The van der Waals surface area contributed by atoms with Gasteiger partial charge in [0.2, 0.25) is 5.91 Å². The summed E-state index contributed by atoms with van der Waals surface area (Å²) >= 11 is 6.16. The fourth-order valence-electron chi connectivity index (χ4n) is 3.88. The molecule has 0 fully saturated rings. The summed E-state index contributed by atoms with van der Waals surface area (Å²) in [5.74, 6) is 0.613. The van der Waals surface area contributed by atoms with E-state index in [0.29, 0.717) is 51.7 Å². The molecular formula is C27H25ClN4O4. The molecule has 2 aromatic heterocycles. The van der Waals surface area contributed by atoms with Gasteiger partial charge in [-0.3, -0.25) is 19.0 Å². The van der Waals surface area contributed by atoms with Crippen LogP contribution in [0, 0.1) is 0 Å². The second-order valence-corrected chi connectivity index (χ2v) is 8.93. The molecule has 0 unspecified atom stereocenters. The molecule has 0 bridgehead atoms. The minimum absolute atomic E-state index is 0.0885. The predicted molar refractivity (Wildman–Crippen MR) is 140 cm³/mol. The molecule has 9 heteroatoms. The van der Waals surface area contributed by atoms with Crippen molar-refractivity contribution in [1.29, 1.82) is 0 Å². The third-order valence-electron chi connectivity index (χ3n) is 5.35. The molecule has 36 heavy (non-hydrogen) atoms. The molecule has 2 heterocycles. The number of amides is 1. The molecule has 4 rings (SSSR count). The first-order chi connectivity index (χ1) is 17.3. The fourth-order valence-corrected chi connectivity index (χ4v) is 4.12. The van der Waals surface area contributed by atoms with Crippen LogP contribution in [-0.4, -0.2) is 39.4 Å². The van der Waals surface area contributed by atoms with E-state index in [0.717, 1.165) is 0 Å². The predicted octanol–water partition coefficient (Wildman–Crippen LogP) is 4.51. The summed E-state index contributed by atoms with van der Waals surface area (Å²) in [4.78, 5) is 46.8. The average Bonchev–Trinajstić information content (AvgIpc) is 2.85. The van der Waals surface area contributed by atoms with Crippen LogP contribution >= 0.6 is 11.6 Å². The Morgan fingerprint density at radius 3 is 2.67 bits per heavy atom. The molecule has 0 aliphatic rings. The molecular weight excluding hydrogens is 480 g/mol. The second-order valence-electron chi connectivity index (χ2n) is 8.50. The molecule has 0 aliphatic heterocycles. The quantitative estimate of drug-likeness (QED) is 0.354. The molecule has 0 saturated carbocycles. The van der Waals surface area contributed by atoms with Crippen LogP contribution in [0.3, 0.4) is 0 Å². The van der Waals surface area contributed by atoms with Crippen molar-refractivity contribution in [3.05, 3.63) is 75.7 Å². The van der Waals surface area contributed by atoms with Gasteiger partial charge in [0.25, 0.3) is 5.56 Å². The fraction of sp³-hybridized carbons (Fsp3) is 0.222. The number of nitrogens with zero attached hydrogens (tertiary/aromatic N) is 3. The van der Waals surface area contributed by atoms with Gasteiger partial charge in [-0.15, -0.1) is 0 Å². The second kappa shape index (κ2) is 10.7. The average molecular weight is 505 g/mol. The van der Waals surface area contributed by atoms with Gasteiger partial charge in [0.1, 0.15) is 24.4 Å². The molecule has 0 atom stereocenters. The highest BCUT2D eigenvalue weighted by Gasteiger charge is 2.18. The normalized spacial score (nSPS) is 11.0. The van der Waals surface area contributed by atoms with E-state index < -0.39 is 5.56 Å². The molecule has 4 aromatic rings. The Hall–Kier alpha value is -4.04. The van der Waals surface area contributed by atoms with Gasteiger partial charge in [0.15, 0.2) is 5.65 Å². The maximum Gasteiger partial charge on any atom is 0.263 e. The summed E-state index contributed by atoms with van der Waals surface area (Å²) < 4.78 is 6.95. The monoisotopic (exact) mass is 504 g/mol. The van der Waals surface area contributed by atoms with Gasteiger partial charge in [0.05, 0.1) is 12.0 Å². The third kappa shape index (κ3) is 5.44. The highest BCUT2D eigenvalue weighted by atomic mass is 35.5. The minimum atomic E-state index is -0.414. The smallest absolute Gasteiger partial charge is 0.263 e. The van der Waals surface area contributed by atoms with Crippen LogP contribution in [0.1, 0.15) is 31.1 Å². The lowest BCUT2D eigenvalue weighted by molar-refractivity contribution is -0.122. The lowest BCUT2D eigenvalue weighted by atomic mass is 10.0. The Bertz CT molecular complexity index is 1510.